The van der Waals surface area contributed by atoms with Crippen LogP contribution in [0.4, 0.5) is 4.39 Å². The van der Waals surface area contributed by atoms with Gasteiger partial charge in [0.1, 0.15) is 0 Å². The molecule has 2 nitrogen and oxygen atoms in total. The van der Waals surface area contributed by atoms with E-state index in [0.717, 1.165) is 17.7 Å². The molecule has 0 spiro atoms. The van der Waals surface area contributed by atoms with Crippen LogP contribution >= 0.6 is 23.2 Å². The van der Waals surface area contributed by atoms with Crippen LogP contribution in [0.5, 0.6) is 11.6 Å². The second-order valence-electron chi connectivity index (χ2n) is 3.95. The average Bonchev–Trinajstić information content (AvgIpc) is 2.43. The van der Waals surface area contributed by atoms with Crippen LogP contribution in [0.15, 0.2) is 30.3 Å². The maximum atomic E-state index is 13.7. The van der Waals surface area contributed by atoms with Gasteiger partial charge in [-0.15, -0.1) is 11.6 Å². The second-order valence-corrected chi connectivity index (χ2v) is 4.62. The van der Waals surface area contributed by atoms with Crippen molar-refractivity contribution in [3.05, 3.63) is 52.4 Å². The van der Waals surface area contributed by atoms with Crippen molar-refractivity contribution in [3.63, 3.8) is 0 Å². The number of ether oxygens (including phenoxy) is 1. The van der Waals surface area contributed by atoms with E-state index in [1.807, 2.05) is 13.0 Å². The Morgan fingerprint density at radius 2 is 2.11 bits per heavy atom. The lowest BCUT2D eigenvalue weighted by Gasteiger charge is -2.09. The smallest absolute Gasteiger partial charge is 0.219 e. The number of aryl methyl sites for hydroxylation is 1. The summed E-state index contributed by atoms with van der Waals surface area (Å²) in [6.07, 6.45) is 0.749. The van der Waals surface area contributed by atoms with Crippen LogP contribution in [-0.4, -0.2) is 4.98 Å². The molecule has 0 bridgehead atoms. The van der Waals surface area contributed by atoms with Gasteiger partial charge < -0.3 is 4.74 Å². The molecule has 1 aromatic carbocycles. The fourth-order valence-electron chi connectivity index (χ4n) is 1.61. The molecule has 0 aliphatic carbocycles. The summed E-state index contributed by atoms with van der Waals surface area (Å²) in [5.74, 6) is 0.120. The number of benzene rings is 1. The molecule has 0 atom stereocenters. The maximum absolute atomic E-state index is 13.7. The summed E-state index contributed by atoms with van der Waals surface area (Å²) in [5.41, 5.74) is 1.72. The molecule has 0 unspecified atom stereocenters. The number of nitrogens with zero attached hydrogens (tertiary/aromatic N) is 1. The molecule has 5 heteroatoms. The first-order chi connectivity index (χ1) is 9.13. The predicted octanol–water partition coefficient (Wildman–Crippen LogP) is 4.97. The zero-order valence-corrected chi connectivity index (χ0v) is 11.8. The number of hydrogen-bond donors (Lipinski definition) is 0. The standard InChI is InChI=1S/C14H12Cl2FNO/c1-2-10-6-9(8-15)7-13(18-10)19-12-5-3-4-11(16)14(12)17/h3-7H,2,8H2,1H3. The molecule has 0 saturated carbocycles. The van der Waals surface area contributed by atoms with Gasteiger partial charge in [0.25, 0.3) is 0 Å². The molecule has 19 heavy (non-hydrogen) atoms. The molecule has 1 aromatic heterocycles. The van der Waals surface area contributed by atoms with Crippen LogP contribution in [0.2, 0.25) is 5.02 Å². The highest BCUT2D eigenvalue weighted by molar-refractivity contribution is 6.30. The average molecular weight is 300 g/mol. The van der Waals surface area contributed by atoms with Gasteiger partial charge in [0, 0.05) is 17.6 Å². The van der Waals surface area contributed by atoms with Crippen molar-refractivity contribution in [2.75, 3.05) is 0 Å². The van der Waals surface area contributed by atoms with Gasteiger partial charge in [0.2, 0.25) is 5.88 Å². The van der Waals surface area contributed by atoms with Crippen LogP contribution in [0.3, 0.4) is 0 Å². The summed E-state index contributed by atoms with van der Waals surface area (Å²) >= 11 is 11.5. The second kappa shape index (κ2) is 6.22. The minimum Gasteiger partial charge on any atom is -0.436 e. The van der Waals surface area contributed by atoms with Crippen molar-refractivity contribution in [1.82, 2.24) is 4.98 Å². The Morgan fingerprint density at radius 1 is 1.32 bits per heavy atom. The quantitative estimate of drug-likeness (QED) is 0.744. The lowest BCUT2D eigenvalue weighted by molar-refractivity contribution is 0.426. The highest BCUT2D eigenvalue weighted by atomic mass is 35.5. The third-order valence-corrected chi connectivity index (χ3v) is 3.16. The molecule has 0 aliphatic rings. The molecule has 0 aliphatic heterocycles. The minimum absolute atomic E-state index is 0.0155. The number of pyridine rings is 1. The van der Waals surface area contributed by atoms with E-state index in [1.165, 1.54) is 12.1 Å². The zero-order valence-electron chi connectivity index (χ0n) is 10.3. The predicted molar refractivity (Wildman–Crippen MR) is 74.7 cm³/mol. The van der Waals surface area contributed by atoms with E-state index in [4.69, 9.17) is 27.9 Å². The number of aromatic nitrogens is 1. The third kappa shape index (κ3) is 3.37. The topological polar surface area (TPSA) is 22.1 Å². The summed E-state index contributed by atoms with van der Waals surface area (Å²) in [6.45, 7) is 1.98. The maximum Gasteiger partial charge on any atom is 0.219 e. The lowest BCUT2D eigenvalue weighted by Crippen LogP contribution is -1.96. The SMILES string of the molecule is CCc1cc(CCl)cc(Oc2cccc(Cl)c2F)n1. The minimum atomic E-state index is -0.597. The van der Waals surface area contributed by atoms with Crippen molar-refractivity contribution in [2.45, 2.75) is 19.2 Å². The van der Waals surface area contributed by atoms with Gasteiger partial charge in [-0.25, -0.2) is 9.37 Å². The Labute approximate surface area is 121 Å². The van der Waals surface area contributed by atoms with E-state index in [1.54, 1.807) is 12.1 Å². The Hall–Kier alpha value is -1.32. The lowest BCUT2D eigenvalue weighted by atomic mass is 10.2. The van der Waals surface area contributed by atoms with E-state index in [-0.39, 0.29) is 10.8 Å². The summed E-state index contributed by atoms with van der Waals surface area (Å²) < 4.78 is 19.2. The van der Waals surface area contributed by atoms with Gasteiger partial charge in [-0.2, -0.15) is 0 Å². The molecule has 2 aromatic rings. The third-order valence-electron chi connectivity index (χ3n) is 2.56. The molecule has 0 N–H and O–H groups in total. The van der Waals surface area contributed by atoms with Gasteiger partial charge in [0.05, 0.1) is 5.02 Å². The Balaban J connectivity index is 2.34. The molecule has 0 saturated heterocycles. The fourth-order valence-corrected chi connectivity index (χ4v) is 1.93. The van der Waals surface area contributed by atoms with Crippen LogP contribution in [0.25, 0.3) is 0 Å². The van der Waals surface area contributed by atoms with Crippen LogP contribution in [0, 0.1) is 5.82 Å². The molecular formula is C14H12Cl2FNO. The number of halogens is 3. The van der Waals surface area contributed by atoms with E-state index in [0.29, 0.717) is 11.8 Å². The van der Waals surface area contributed by atoms with Crippen LogP contribution in [0.1, 0.15) is 18.2 Å². The molecule has 2 rings (SSSR count). The van der Waals surface area contributed by atoms with Crippen molar-refractivity contribution in [3.8, 4) is 11.6 Å². The highest BCUT2D eigenvalue weighted by Crippen LogP contribution is 2.28. The first-order valence-corrected chi connectivity index (χ1v) is 6.73. The zero-order chi connectivity index (χ0) is 13.8. The fraction of sp³-hybridized carbons (Fsp3) is 0.214. The number of alkyl halides is 1. The summed E-state index contributed by atoms with van der Waals surface area (Å²) in [7, 11) is 0. The molecule has 0 radical (unpaired) electrons. The highest BCUT2D eigenvalue weighted by Gasteiger charge is 2.10. The number of rotatable bonds is 4. The first-order valence-electron chi connectivity index (χ1n) is 5.81. The van der Waals surface area contributed by atoms with Gasteiger partial charge >= 0.3 is 0 Å². The van der Waals surface area contributed by atoms with Gasteiger partial charge in [0.15, 0.2) is 11.6 Å². The molecule has 100 valence electrons. The Kier molecular flexibility index (Phi) is 4.61. The normalized spacial score (nSPS) is 10.5. The largest absolute Gasteiger partial charge is 0.436 e. The van der Waals surface area contributed by atoms with E-state index < -0.39 is 5.82 Å². The summed E-state index contributed by atoms with van der Waals surface area (Å²) in [4.78, 5) is 4.28. The van der Waals surface area contributed by atoms with Gasteiger partial charge in [-0.3, -0.25) is 0 Å². The van der Waals surface area contributed by atoms with Crippen LogP contribution in [-0.2, 0) is 12.3 Å². The molecular weight excluding hydrogens is 288 g/mol. The van der Waals surface area contributed by atoms with Crippen molar-refractivity contribution < 1.29 is 9.13 Å². The van der Waals surface area contributed by atoms with Gasteiger partial charge in [-0.1, -0.05) is 24.6 Å². The van der Waals surface area contributed by atoms with Crippen molar-refractivity contribution in [2.24, 2.45) is 0 Å². The van der Waals surface area contributed by atoms with Gasteiger partial charge in [-0.05, 0) is 30.2 Å². The van der Waals surface area contributed by atoms with Crippen LogP contribution < -0.4 is 4.74 Å². The van der Waals surface area contributed by atoms with Crippen molar-refractivity contribution >= 4 is 23.2 Å². The first kappa shape index (κ1) is 14.1. The molecule has 0 amide bonds. The Bertz CT molecular complexity index is 567. The summed E-state index contributed by atoms with van der Waals surface area (Å²) in [5, 5.41) is 0.0155. The van der Waals surface area contributed by atoms with E-state index >= 15 is 0 Å². The van der Waals surface area contributed by atoms with E-state index in [9.17, 15) is 4.39 Å². The number of hydrogen-bond acceptors (Lipinski definition) is 2. The molecule has 1 heterocycles. The Morgan fingerprint density at radius 3 is 2.79 bits per heavy atom. The van der Waals surface area contributed by atoms with E-state index in [2.05, 4.69) is 4.98 Å². The summed E-state index contributed by atoms with van der Waals surface area (Å²) in [6, 6.07) is 8.17. The molecule has 0 fully saturated rings. The monoisotopic (exact) mass is 299 g/mol. The van der Waals surface area contributed by atoms with Crippen molar-refractivity contribution in [1.29, 1.82) is 0 Å².